The summed E-state index contributed by atoms with van der Waals surface area (Å²) in [4.78, 5) is 16.1. The molecule has 1 heterocycles. The summed E-state index contributed by atoms with van der Waals surface area (Å²) in [5.41, 5.74) is 2.09. The second-order valence-electron chi connectivity index (χ2n) is 5.54. The number of carbonyl (C=O) groups excluding carboxylic acids is 1. The van der Waals surface area contributed by atoms with Gasteiger partial charge < -0.3 is 15.4 Å². The van der Waals surface area contributed by atoms with E-state index in [1.807, 2.05) is 6.07 Å². The number of hydrogen-bond acceptors (Lipinski definition) is 5. The molecule has 7 heteroatoms. The van der Waals surface area contributed by atoms with E-state index in [1.54, 1.807) is 60.8 Å². The number of nitrogens with zero attached hydrogens (tertiary/aromatic N) is 2. The van der Waals surface area contributed by atoms with E-state index in [1.165, 1.54) is 0 Å². The van der Waals surface area contributed by atoms with Gasteiger partial charge in [-0.2, -0.15) is 5.26 Å². The topological polar surface area (TPSA) is 87.0 Å². The number of aromatic nitrogens is 1. The number of amides is 1. The Morgan fingerprint density at radius 1 is 1.11 bits per heavy atom. The van der Waals surface area contributed by atoms with Crippen LogP contribution in [0, 0.1) is 11.3 Å². The molecule has 3 aromatic rings. The van der Waals surface area contributed by atoms with Crippen LogP contribution >= 0.6 is 11.6 Å². The van der Waals surface area contributed by atoms with Gasteiger partial charge in [-0.3, -0.25) is 4.79 Å². The summed E-state index contributed by atoms with van der Waals surface area (Å²) in [6, 6.07) is 19.4. The predicted octanol–water partition coefficient (Wildman–Crippen LogP) is 4.37. The Morgan fingerprint density at radius 2 is 1.93 bits per heavy atom. The summed E-state index contributed by atoms with van der Waals surface area (Å²) >= 11 is 5.80. The maximum absolute atomic E-state index is 12.0. The first kappa shape index (κ1) is 18.2. The molecule has 0 fully saturated rings. The number of halogens is 1. The molecule has 0 spiro atoms. The third-order valence-corrected chi connectivity index (χ3v) is 3.75. The zero-order valence-electron chi connectivity index (χ0n) is 14.1. The number of pyridine rings is 1. The molecule has 134 valence electrons. The van der Waals surface area contributed by atoms with Crippen molar-refractivity contribution in [2.45, 2.75) is 0 Å². The molecule has 0 aliphatic carbocycles. The number of rotatable bonds is 6. The molecule has 3 rings (SSSR count). The van der Waals surface area contributed by atoms with Gasteiger partial charge >= 0.3 is 0 Å². The van der Waals surface area contributed by atoms with Crippen molar-refractivity contribution in [1.29, 1.82) is 5.26 Å². The molecule has 1 amide bonds. The molecule has 0 saturated heterocycles. The predicted molar refractivity (Wildman–Crippen MR) is 104 cm³/mol. The normalized spacial score (nSPS) is 9.93. The number of nitrogens with one attached hydrogen (secondary N) is 2. The van der Waals surface area contributed by atoms with Crippen molar-refractivity contribution in [3.8, 4) is 11.8 Å². The van der Waals surface area contributed by atoms with E-state index >= 15 is 0 Å². The van der Waals surface area contributed by atoms with E-state index < -0.39 is 0 Å². The molecule has 6 nitrogen and oxygen atoms in total. The van der Waals surface area contributed by atoms with Gasteiger partial charge in [0.1, 0.15) is 11.6 Å². The third kappa shape index (κ3) is 5.46. The fourth-order valence-electron chi connectivity index (χ4n) is 2.23. The monoisotopic (exact) mass is 378 g/mol. The van der Waals surface area contributed by atoms with Crippen molar-refractivity contribution >= 4 is 34.7 Å². The van der Waals surface area contributed by atoms with Crippen molar-refractivity contribution < 1.29 is 9.53 Å². The zero-order chi connectivity index (χ0) is 19.1. The molecule has 27 heavy (non-hydrogen) atoms. The maximum Gasteiger partial charge on any atom is 0.263 e. The van der Waals surface area contributed by atoms with Gasteiger partial charge in [0, 0.05) is 10.7 Å². The van der Waals surface area contributed by atoms with Gasteiger partial charge in [0.15, 0.2) is 6.61 Å². The smallest absolute Gasteiger partial charge is 0.263 e. The molecule has 0 radical (unpaired) electrons. The number of hydrogen-bond donors (Lipinski definition) is 2. The van der Waals surface area contributed by atoms with Gasteiger partial charge in [0.25, 0.3) is 5.91 Å². The van der Waals surface area contributed by atoms with Crippen molar-refractivity contribution in [2.24, 2.45) is 0 Å². The van der Waals surface area contributed by atoms with Crippen molar-refractivity contribution in [3.05, 3.63) is 77.4 Å². The minimum Gasteiger partial charge on any atom is -0.484 e. The van der Waals surface area contributed by atoms with Crippen LogP contribution in [-0.4, -0.2) is 17.5 Å². The van der Waals surface area contributed by atoms with Crippen LogP contribution in [0.3, 0.4) is 0 Å². The lowest BCUT2D eigenvalue weighted by Gasteiger charge is -2.09. The van der Waals surface area contributed by atoms with Crippen LogP contribution in [0.2, 0.25) is 5.02 Å². The van der Waals surface area contributed by atoms with Gasteiger partial charge in [-0.05, 0) is 54.6 Å². The fraction of sp³-hybridized carbons (Fsp3) is 0.0500. The average molecular weight is 379 g/mol. The number of ether oxygens (including phenoxy) is 1. The van der Waals surface area contributed by atoms with E-state index in [4.69, 9.17) is 21.6 Å². The van der Waals surface area contributed by atoms with Gasteiger partial charge in [-0.15, -0.1) is 0 Å². The first-order chi connectivity index (χ1) is 13.1. The maximum atomic E-state index is 12.0. The molecule has 0 unspecified atom stereocenters. The molecular weight excluding hydrogens is 364 g/mol. The summed E-state index contributed by atoms with van der Waals surface area (Å²) in [6.07, 6.45) is 1.59. The lowest BCUT2D eigenvalue weighted by atomic mass is 10.2. The quantitative estimate of drug-likeness (QED) is 0.665. The van der Waals surface area contributed by atoms with Crippen molar-refractivity contribution in [3.63, 3.8) is 0 Å². The highest BCUT2D eigenvalue weighted by atomic mass is 35.5. The van der Waals surface area contributed by atoms with Crippen LogP contribution in [0.4, 0.5) is 17.2 Å². The second kappa shape index (κ2) is 8.70. The lowest BCUT2D eigenvalue weighted by molar-refractivity contribution is -0.118. The van der Waals surface area contributed by atoms with E-state index in [0.717, 1.165) is 11.4 Å². The van der Waals surface area contributed by atoms with Gasteiger partial charge in [-0.1, -0.05) is 17.7 Å². The Labute approximate surface area is 161 Å². The SMILES string of the molecule is N#Cc1cccc(Nc2ccc(NC(=O)COc3ccc(Cl)cc3)nc2)c1. The highest BCUT2D eigenvalue weighted by Gasteiger charge is 2.05. The summed E-state index contributed by atoms with van der Waals surface area (Å²) in [5, 5.41) is 15.3. The first-order valence-electron chi connectivity index (χ1n) is 8.04. The van der Waals surface area contributed by atoms with Crippen LogP contribution in [-0.2, 0) is 4.79 Å². The largest absolute Gasteiger partial charge is 0.484 e. The van der Waals surface area contributed by atoms with Crippen LogP contribution in [0.15, 0.2) is 66.9 Å². The first-order valence-corrected chi connectivity index (χ1v) is 8.41. The molecule has 0 aliphatic heterocycles. The Bertz CT molecular complexity index is 967. The van der Waals surface area contributed by atoms with Crippen LogP contribution in [0.5, 0.6) is 5.75 Å². The van der Waals surface area contributed by atoms with E-state index in [-0.39, 0.29) is 12.5 Å². The van der Waals surface area contributed by atoms with Crippen LogP contribution < -0.4 is 15.4 Å². The highest BCUT2D eigenvalue weighted by molar-refractivity contribution is 6.30. The summed E-state index contributed by atoms with van der Waals surface area (Å²) < 4.78 is 5.38. The minimum absolute atomic E-state index is 0.135. The van der Waals surface area contributed by atoms with Crippen LogP contribution in [0.1, 0.15) is 5.56 Å². The van der Waals surface area contributed by atoms with E-state index in [0.29, 0.717) is 22.2 Å². The molecule has 0 atom stereocenters. The molecule has 0 bridgehead atoms. The lowest BCUT2D eigenvalue weighted by Crippen LogP contribution is -2.20. The summed E-state index contributed by atoms with van der Waals surface area (Å²) in [5.74, 6) is 0.651. The Kier molecular flexibility index (Phi) is 5.87. The minimum atomic E-state index is -0.320. The van der Waals surface area contributed by atoms with E-state index in [2.05, 4.69) is 21.7 Å². The number of benzene rings is 2. The third-order valence-electron chi connectivity index (χ3n) is 3.49. The summed E-state index contributed by atoms with van der Waals surface area (Å²) in [6.45, 7) is -0.135. The molecule has 1 aromatic heterocycles. The Morgan fingerprint density at radius 3 is 2.63 bits per heavy atom. The highest BCUT2D eigenvalue weighted by Crippen LogP contribution is 2.18. The van der Waals surface area contributed by atoms with Gasteiger partial charge in [0.05, 0.1) is 23.5 Å². The molecule has 0 saturated carbocycles. The van der Waals surface area contributed by atoms with Gasteiger partial charge in [0.2, 0.25) is 0 Å². The number of anilines is 3. The molecular formula is C20H15ClN4O2. The summed E-state index contributed by atoms with van der Waals surface area (Å²) in [7, 11) is 0. The Hall–Kier alpha value is -3.56. The fourth-order valence-corrected chi connectivity index (χ4v) is 2.36. The van der Waals surface area contributed by atoms with E-state index in [9.17, 15) is 4.79 Å². The number of carbonyl (C=O) groups is 1. The van der Waals surface area contributed by atoms with Crippen LogP contribution in [0.25, 0.3) is 0 Å². The van der Waals surface area contributed by atoms with Crippen molar-refractivity contribution in [2.75, 3.05) is 17.2 Å². The Balaban J connectivity index is 1.53. The van der Waals surface area contributed by atoms with Gasteiger partial charge in [-0.25, -0.2) is 4.98 Å². The average Bonchev–Trinajstić information content (AvgIpc) is 2.69. The molecule has 0 aliphatic rings. The number of nitriles is 1. The second-order valence-corrected chi connectivity index (χ2v) is 5.98. The molecule has 2 aromatic carbocycles. The van der Waals surface area contributed by atoms with Crippen molar-refractivity contribution in [1.82, 2.24) is 4.98 Å². The molecule has 2 N–H and O–H groups in total. The standard InChI is InChI=1S/C20H15ClN4O2/c21-15-4-7-18(8-5-15)27-13-20(26)25-19-9-6-17(12-23-19)24-16-3-1-2-14(10-16)11-22/h1-10,12,24H,13H2,(H,23,25,26). The zero-order valence-corrected chi connectivity index (χ0v) is 14.9.